The van der Waals surface area contributed by atoms with Crippen molar-refractivity contribution < 1.29 is 13.9 Å². The zero-order valence-corrected chi connectivity index (χ0v) is 20.4. The molecule has 2 aromatic carbocycles. The fourth-order valence-corrected chi connectivity index (χ4v) is 3.83. The molecule has 1 amide bonds. The Hall–Kier alpha value is -3.26. The van der Waals surface area contributed by atoms with Crippen molar-refractivity contribution in [2.24, 2.45) is 0 Å². The third kappa shape index (κ3) is 5.22. The van der Waals surface area contributed by atoms with E-state index in [0.29, 0.717) is 22.6 Å². The number of fused-ring (bicyclic) bond motifs is 1. The van der Waals surface area contributed by atoms with E-state index in [1.54, 1.807) is 42.3 Å². The third-order valence-corrected chi connectivity index (χ3v) is 5.58. The summed E-state index contributed by atoms with van der Waals surface area (Å²) in [6, 6.07) is 10.4. The molecule has 6 nitrogen and oxygen atoms in total. The second-order valence-corrected chi connectivity index (χ2v) is 9.78. The molecule has 170 valence electrons. The van der Waals surface area contributed by atoms with Crippen LogP contribution in [0.5, 0.6) is 11.5 Å². The normalized spacial score (nSPS) is 11.6. The molecule has 0 aliphatic rings. The molecule has 2 heterocycles. The molecule has 0 saturated heterocycles. The number of carbonyl (C=O) groups excluding carboxylic acids is 1. The van der Waals surface area contributed by atoms with Crippen LogP contribution in [0.3, 0.4) is 0 Å². The topological polar surface area (TPSA) is 69.0 Å². The SMILES string of the molecule is Cc1cc(CC(=O)Nc2cnn(C(C)(C)C)c2)cc(F)c1Oc1ccnc2ccc(Br)cc12. The highest BCUT2D eigenvalue weighted by Gasteiger charge is 2.17. The Bertz CT molecular complexity index is 1320. The van der Waals surface area contributed by atoms with Crippen molar-refractivity contribution in [1.82, 2.24) is 14.8 Å². The summed E-state index contributed by atoms with van der Waals surface area (Å²) in [5.74, 6) is -0.151. The average molecular weight is 511 g/mol. The molecule has 33 heavy (non-hydrogen) atoms. The maximum absolute atomic E-state index is 15.0. The summed E-state index contributed by atoms with van der Waals surface area (Å²) in [5.41, 5.74) is 2.31. The lowest BCUT2D eigenvalue weighted by atomic mass is 10.1. The maximum Gasteiger partial charge on any atom is 0.228 e. The van der Waals surface area contributed by atoms with Crippen molar-refractivity contribution in [3.05, 3.63) is 76.4 Å². The molecule has 4 aromatic rings. The van der Waals surface area contributed by atoms with Gasteiger partial charge in [-0.05, 0) is 69.2 Å². The molecule has 0 bridgehead atoms. The molecule has 0 atom stereocenters. The van der Waals surface area contributed by atoms with Gasteiger partial charge in [-0.2, -0.15) is 5.10 Å². The van der Waals surface area contributed by atoms with Crippen LogP contribution in [0, 0.1) is 12.7 Å². The van der Waals surface area contributed by atoms with Gasteiger partial charge in [-0.25, -0.2) is 4.39 Å². The van der Waals surface area contributed by atoms with E-state index in [0.717, 1.165) is 15.4 Å². The molecular weight excluding hydrogens is 487 g/mol. The van der Waals surface area contributed by atoms with Crippen LogP contribution in [-0.4, -0.2) is 20.7 Å². The molecule has 4 rings (SSSR count). The number of nitrogens with zero attached hydrogens (tertiary/aromatic N) is 3. The summed E-state index contributed by atoms with van der Waals surface area (Å²) < 4.78 is 23.6. The van der Waals surface area contributed by atoms with E-state index in [1.165, 1.54) is 6.07 Å². The Labute approximate surface area is 199 Å². The zero-order valence-electron chi connectivity index (χ0n) is 18.8. The molecule has 0 saturated carbocycles. The van der Waals surface area contributed by atoms with Crippen LogP contribution >= 0.6 is 15.9 Å². The van der Waals surface area contributed by atoms with Crippen LogP contribution in [0.2, 0.25) is 0 Å². The lowest BCUT2D eigenvalue weighted by Gasteiger charge is -2.18. The summed E-state index contributed by atoms with van der Waals surface area (Å²) in [7, 11) is 0. The average Bonchev–Trinajstić information content (AvgIpc) is 3.19. The Morgan fingerprint density at radius 2 is 2.00 bits per heavy atom. The smallest absolute Gasteiger partial charge is 0.228 e. The molecule has 0 fully saturated rings. The van der Waals surface area contributed by atoms with Gasteiger partial charge in [0.05, 0.1) is 29.4 Å². The number of amides is 1. The van der Waals surface area contributed by atoms with E-state index in [1.807, 2.05) is 39.0 Å². The minimum Gasteiger partial charge on any atom is -0.453 e. The number of hydrogen-bond donors (Lipinski definition) is 1. The second kappa shape index (κ2) is 8.94. The van der Waals surface area contributed by atoms with Crippen molar-refractivity contribution in [2.45, 2.75) is 39.7 Å². The molecule has 1 N–H and O–H groups in total. The fraction of sp³-hybridized carbons (Fsp3) is 0.240. The van der Waals surface area contributed by atoms with Crippen LogP contribution in [0.25, 0.3) is 10.9 Å². The van der Waals surface area contributed by atoms with E-state index >= 15 is 0 Å². The van der Waals surface area contributed by atoms with Gasteiger partial charge in [0.2, 0.25) is 5.91 Å². The van der Waals surface area contributed by atoms with Crippen molar-refractivity contribution in [3.8, 4) is 11.5 Å². The molecule has 0 aliphatic heterocycles. The van der Waals surface area contributed by atoms with Gasteiger partial charge in [-0.1, -0.05) is 22.0 Å². The maximum atomic E-state index is 15.0. The van der Waals surface area contributed by atoms with E-state index in [4.69, 9.17) is 4.74 Å². The largest absolute Gasteiger partial charge is 0.453 e. The van der Waals surface area contributed by atoms with Crippen molar-refractivity contribution >= 4 is 38.4 Å². The molecule has 0 unspecified atom stereocenters. The highest BCUT2D eigenvalue weighted by Crippen LogP contribution is 2.34. The number of benzene rings is 2. The van der Waals surface area contributed by atoms with E-state index in [2.05, 4.69) is 31.3 Å². The Balaban J connectivity index is 1.51. The van der Waals surface area contributed by atoms with Gasteiger partial charge in [0.25, 0.3) is 0 Å². The first kappa shape index (κ1) is 22.9. The Morgan fingerprint density at radius 1 is 1.21 bits per heavy atom. The second-order valence-electron chi connectivity index (χ2n) is 8.87. The van der Waals surface area contributed by atoms with Gasteiger partial charge in [-0.3, -0.25) is 14.5 Å². The van der Waals surface area contributed by atoms with Crippen LogP contribution in [0.15, 0.2) is 59.5 Å². The number of aromatic nitrogens is 3. The van der Waals surface area contributed by atoms with Gasteiger partial charge in [0.15, 0.2) is 11.6 Å². The molecule has 2 aromatic heterocycles. The quantitative estimate of drug-likeness (QED) is 0.338. The number of ether oxygens (including phenoxy) is 1. The fourth-order valence-electron chi connectivity index (χ4n) is 3.47. The van der Waals surface area contributed by atoms with Crippen molar-refractivity contribution in [1.29, 1.82) is 0 Å². The summed E-state index contributed by atoms with van der Waals surface area (Å²) in [6.45, 7) is 7.82. The highest BCUT2D eigenvalue weighted by molar-refractivity contribution is 9.10. The molecule has 8 heteroatoms. The number of hydrogen-bond acceptors (Lipinski definition) is 4. The Kier molecular flexibility index (Phi) is 6.21. The van der Waals surface area contributed by atoms with Crippen LogP contribution in [0.1, 0.15) is 31.9 Å². The lowest BCUT2D eigenvalue weighted by Crippen LogP contribution is -2.22. The van der Waals surface area contributed by atoms with E-state index in [-0.39, 0.29) is 23.6 Å². The molecular formula is C25H24BrFN4O2. The summed E-state index contributed by atoms with van der Waals surface area (Å²) in [4.78, 5) is 16.8. The number of nitrogens with one attached hydrogen (secondary N) is 1. The summed E-state index contributed by atoms with van der Waals surface area (Å²) in [5, 5.41) is 7.86. The van der Waals surface area contributed by atoms with Crippen LogP contribution in [0.4, 0.5) is 10.1 Å². The van der Waals surface area contributed by atoms with Gasteiger partial charge in [-0.15, -0.1) is 0 Å². The summed E-state index contributed by atoms with van der Waals surface area (Å²) >= 11 is 3.45. The van der Waals surface area contributed by atoms with E-state index in [9.17, 15) is 9.18 Å². The molecule has 0 radical (unpaired) electrons. The minimum atomic E-state index is -0.529. The monoisotopic (exact) mass is 510 g/mol. The van der Waals surface area contributed by atoms with Gasteiger partial charge in [0, 0.05) is 22.3 Å². The van der Waals surface area contributed by atoms with Crippen LogP contribution < -0.4 is 10.1 Å². The summed E-state index contributed by atoms with van der Waals surface area (Å²) in [6.07, 6.45) is 5.03. The number of carbonyl (C=O) groups is 1. The number of aryl methyl sites for hydroxylation is 1. The van der Waals surface area contributed by atoms with Crippen molar-refractivity contribution in [2.75, 3.05) is 5.32 Å². The van der Waals surface area contributed by atoms with Gasteiger partial charge < -0.3 is 10.1 Å². The predicted molar refractivity (Wildman–Crippen MR) is 130 cm³/mol. The highest BCUT2D eigenvalue weighted by atomic mass is 79.9. The predicted octanol–water partition coefficient (Wildman–Crippen LogP) is 6.37. The standard InChI is InChI=1S/C25H24BrFN4O2/c1-15-9-16(11-23(32)30-18-13-29-31(14-18)25(2,3)4)10-20(27)24(15)33-22-7-8-28-21-6-5-17(26)12-19(21)22/h5-10,12-14H,11H2,1-4H3,(H,30,32). The number of rotatable bonds is 5. The molecule has 0 aliphatic carbocycles. The Morgan fingerprint density at radius 3 is 2.70 bits per heavy atom. The first-order valence-corrected chi connectivity index (χ1v) is 11.3. The minimum absolute atomic E-state index is 0.0316. The van der Waals surface area contributed by atoms with Gasteiger partial charge in [0.1, 0.15) is 5.75 Å². The van der Waals surface area contributed by atoms with Crippen LogP contribution in [-0.2, 0) is 16.8 Å². The van der Waals surface area contributed by atoms with Crippen molar-refractivity contribution in [3.63, 3.8) is 0 Å². The molecule has 0 spiro atoms. The lowest BCUT2D eigenvalue weighted by molar-refractivity contribution is -0.115. The zero-order chi connectivity index (χ0) is 23.8. The van der Waals surface area contributed by atoms with Gasteiger partial charge >= 0.3 is 0 Å². The number of anilines is 1. The first-order valence-electron chi connectivity index (χ1n) is 10.5. The first-order chi connectivity index (χ1) is 15.6. The number of halogens is 2. The third-order valence-electron chi connectivity index (χ3n) is 5.08. The number of pyridine rings is 1. The van der Waals surface area contributed by atoms with E-state index < -0.39 is 5.82 Å².